The molecule has 120 valence electrons. The van der Waals surface area contributed by atoms with Gasteiger partial charge in [-0.2, -0.15) is 0 Å². The van der Waals surface area contributed by atoms with Crippen molar-refractivity contribution in [3.05, 3.63) is 65.2 Å². The number of aliphatic hydroxyl groups excluding tert-OH is 1. The summed E-state index contributed by atoms with van der Waals surface area (Å²) in [4.78, 5) is 4.43. The number of halogens is 1. The Balaban J connectivity index is 1.65. The first-order valence-electron chi connectivity index (χ1n) is 7.62. The summed E-state index contributed by atoms with van der Waals surface area (Å²) < 4.78 is 5.23. The van der Waals surface area contributed by atoms with Gasteiger partial charge in [-0.1, -0.05) is 17.7 Å². The van der Waals surface area contributed by atoms with E-state index in [0.717, 1.165) is 16.5 Å². The highest BCUT2D eigenvalue weighted by Gasteiger charge is 2.15. The molecule has 0 amide bonds. The van der Waals surface area contributed by atoms with Gasteiger partial charge in [-0.15, -0.1) is 0 Å². The lowest BCUT2D eigenvalue weighted by Crippen LogP contribution is -2.27. The fraction of sp³-hybridized carbons (Fsp3) is 0.278. The van der Waals surface area contributed by atoms with Crippen LogP contribution in [0.1, 0.15) is 30.8 Å². The smallest absolute Gasteiger partial charge is 0.132 e. The molecule has 0 aliphatic rings. The number of rotatable bonds is 6. The van der Waals surface area contributed by atoms with Crippen LogP contribution < -0.4 is 5.32 Å². The van der Waals surface area contributed by atoms with Crippen LogP contribution in [0.25, 0.3) is 10.9 Å². The zero-order chi connectivity index (χ0) is 16.2. The molecule has 0 spiro atoms. The van der Waals surface area contributed by atoms with Crippen molar-refractivity contribution in [3.63, 3.8) is 0 Å². The van der Waals surface area contributed by atoms with Crippen LogP contribution in [0.4, 0.5) is 0 Å². The predicted octanol–water partition coefficient (Wildman–Crippen LogP) is 4.08. The average Bonchev–Trinajstić information content (AvgIpc) is 3.09. The van der Waals surface area contributed by atoms with Crippen molar-refractivity contribution >= 4 is 22.5 Å². The third-order valence-electron chi connectivity index (χ3n) is 3.89. The maximum atomic E-state index is 10.1. The zero-order valence-electron chi connectivity index (χ0n) is 12.9. The second-order valence-electron chi connectivity index (χ2n) is 5.65. The van der Waals surface area contributed by atoms with Gasteiger partial charge in [0.15, 0.2) is 0 Å². The lowest BCUT2D eigenvalue weighted by molar-refractivity contribution is 0.128. The topological polar surface area (TPSA) is 58.3 Å². The summed E-state index contributed by atoms with van der Waals surface area (Å²) in [6.07, 6.45) is 3.31. The number of hydrogen-bond donors (Lipinski definition) is 2. The highest BCUT2D eigenvalue weighted by molar-refractivity contribution is 6.35. The number of aromatic nitrogens is 1. The van der Waals surface area contributed by atoms with E-state index in [1.807, 2.05) is 31.2 Å². The Morgan fingerprint density at radius 1 is 1.26 bits per heavy atom. The van der Waals surface area contributed by atoms with E-state index in [2.05, 4.69) is 10.3 Å². The van der Waals surface area contributed by atoms with E-state index >= 15 is 0 Å². The SMILES string of the molecule is CC(CC(O)c1ccco1)NCc1ccc(Cl)c2cccnc12. The zero-order valence-corrected chi connectivity index (χ0v) is 13.6. The van der Waals surface area contributed by atoms with Crippen molar-refractivity contribution in [2.75, 3.05) is 0 Å². The maximum Gasteiger partial charge on any atom is 0.132 e. The molecule has 2 heterocycles. The third kappa shape index (κ3) is 3.72. The lowest BCUT2D eigenvalue weighted by atomic mass is 10.1. The Morgan fingerprint density at radius 3 is 2.91 bits per heavy atom. The molecule has 0 bridgehead atoms. The van der Waals surface area contributed by atoms with Crippen LogP contribution in [-0.2, 0) is 6.54 Å². The average molecular weight is 331 g/mol. The summed E-state index contributed by atoms with van der Waals surface area (Å²) in [6.45, 7) is 2.70. The van der Waals surface area contributed by atoms with Gasteiger partial charge in [-0.3, -0.25) is 4.98 Å². The number of hydrogen-bond acceptors (Lipinski definition) is 4. The van der Waals surface area contributed by atoms with Crippen LogP contribution in [0.2, 0.25) is 5.02 Å². The van der Waals surface area contributed by atoms with Crippen molar-refractivity contribution < 1.29 is 9.52 Å². The number of benzene rings is 1. The number of furan rings is 1. The second kappa shape index (κ2) is 7.13. The van der Waals surface area contributed by atoms with Gasteiger partial charge >= 0.3 is 0 Å². The van der Waals surface area contributed by atoms with Crippen LogP contribution >= 0.6 is 11.6 Å². The molecule has 1 aromatic carbocycles. The van der Waals surface area contributed by atoms with Crippen molar-refractivity contribution in [1.82, 2.24) is 10.3 Å². The van der Waals surface area contributed by atoms with Gasteiger partial charge in [0, 0.05) is 29.2 Å². The number of nitrogens with one attached hydrogen (secondary N) is 1. The van der Waals surface area contributed by atoms with Crippen molar-refractivity contribution in [2.45, 2.75) is 32.0 Å². The molecule has 2 atom stereocenters. The summed E-state index contributed by atoms with van der Waals surface area (Å²) in [5, 5.41) is 15.2. The highest BCUT2D eigenvalue weighted by Crippen LogP contribution is 2.25. The number of aliphatic hydroxyl groups is 1. The molecule has 3 aromatic rings. The van der Waals surface area contributed by atoms with E-state index < -0.39 is 6.10 Å². The maximum absolute atomic E-state index is 10.1. The number of pyridine rings is 1. The van der Waals surface area contributed by atoms with Gasteiger partial charge in [-0.25, -0.2) is 0 Å². The van der Waals surface area contributed by atoms with E-state index in [4.69, 9.17) is 16.0 Å². The molecule has 2 aromatic heterocycles. The normalized spacial score (nSPS) is 14.0. The molecule has 5 heteroatoms. The summed E-state index contributed by atoms with van der Waals surface area (Å²) in [5.74, 6) is 0.595. The van der Waals surface area contributed by atoms with E-state index in [1.54, 1.807) is 24.6 Å². The Hall–Kier alpha value is -1.88. The van der Waals surface area contributed by atoms with Crippen molar-refractivity contribution in [1.29, 1.82) is 0 Å². The van der Waals surface area contributed by atoms with Crippen molar-refractivity contribution in [2.24, 2.45) is 0 Å². The molecule has 0 saturated heterocycles. The van der Waals surface area contributed by atoms with Crippen LogP contribution in [-0.4, -0.2) is 16.1 Å². The van der Waals surface area contributed by atoms with Crippen LogP contribution in [0.5, 0.6) is 0 Å². The lowest BCUT2D eigenvalue weighted by Gasteiger charge is -2.17. The minimum Gasteiger partial charge on any atom is -0.467 e. The van der Waals surface area contributed by atoms with Gasteiger partial charge in [0.2, 0.25) is 0 Å². The Morgan fingerprint density at radius 2 is 2.13 bits per heavy atom. The molecule has 2 unspecified atom stereocenters. The molecule has 2 N–H and O–H groups in total. The first kappa shape index (κ1) is 16.0. The summed E-state index contributed by atoms with van der Waals surface area (Å²) >= 11 is 6.21. The van der Waals surface area contributed by atoms with Crippen LogP contribution in [0.3, 0.4) is 0 Å². The van der Waals surface area contributed by atoms with Crippen LogP contribution in [0, 0.1) is 0 Å². The van der Waals surface area contributed by atoms with E-state index in [9.17, 15) is 5.11 Å². The van der Waals surface area contributed by atoms with Gasteiger partial charge in [0.25, 0.3) is 0 Å². The largest absolute Gasteiger partial charge is 0.467 e. The molecule has 4 nitrogen and oxygen atoms in total. The predicted molar refractivity (Wildman–Crippen MR) is 91.3 cm³/mol. The minimum atomic E-state index is -0.604. The standard InChI is InChI=1S/C18H19ClN2O2/c1-12(10-16(22)17-5-3-9-23-17)21-11-13-6-7-15(19)14-4-2-8-20-18(13)14/h2-9,12,16,21-22H,10-11H2,1H3. The van der Waals surface area contributed by atoms with Gasteiger partial charge in [0.05, 0.1) is 11.8 Å². The van der Waals surface area contributed by atoms with E-state index in [0.29, 0.717) is 23.7 Å². The first-order valence-corrected chi connectivity index (χ1v) is 8.00. The van der Waals surface area contributed by atoms with Crippen LogP contribution in [0.15, 0.2) is 53.3 Å². The Labute approximate surface area is 140 Å². The molecule has 3 rings (SSSR count). The van der Waals surface area contributed by atoms with E-state index in [-0.39, 0.29) is 6.04 Å². The summed E-state index contributed by atoms with van der Waals surface area (Å²) in [7, 11) is 0. The minimum absolute atomic E-state index is 0.129. The van der Waals surface area contributed by atoms with Gasteiger partial charge in [0.1, 0.15) is 11.9 Å². The Kier molecular flexibility index (Phi) is 4.96. The summed E-state index contributed by atoms with van der Waals surface area (Å²) in [6, 6.07) is 11.4. The number of fused-ring (bicyclic) bond motifs is 1. The molecular weight excluding hydrogens is 312 g/mol. The Bertz CT molecular complexity index is 774. The van der Waals surface area contributed by atoms with Crippen molar-refractivity contribution in [3.8, 4) is 0 Å². The molecule has 23 heavy (non-hydrogen) atoms. The summed E-state index contributed by atoms with van der Waals surface area (Å²) in [5.41, 5.74) is 2.00. The molecular formula is C18H19ClN2O2. The fourth-order valence-corrected chi connectivity index (χ4v) is 2.85. The molecule has 0 fully saturated rings. The highest BCUT2D eigenvalue weighted by atomic mass is 35.5. The van der Waals surface area contributed by atoms with E-state index in [1.165, 1.54) is 0 Å². The quantitative estimate of drug-likeness (QED) is 0.715. The number of nitrogens with zero attached hydrogens (tertiary/aromatic N) is 1. The molecule has 0 aliphatic heterocycles. The monoisotopic (exact) mass is 330 g/mol. The first-order chi connectivity index (χ1) is 11.1. The fourth-order valence-electron chi connectivity index (χ4n) is 2.64. The second-order valence-corrected chi connectivity index (χ2v) is 6.06. The van der Waals surface area contributed by atoms with Gasteiger partial charge < -0.3 is 14.8 Å². The molecule has 0 aliphatic carbocycles. The molecule has 0 saturated carbocycles. The third-order valence-corrected chi connectivity index (χ3v) is 4.22. The molecule has 0 radical (unpaired) electrons. The van der Waals surface area contributed by atoms with Gasteiger partial charge in [-0.05, 0) is 49.2 Å².